The highest BCUT2D eigenvalue weighted by Crippen LogP contribution is 2.28. The number of amides is 3. The summed E-state index contributed by atoms with van der Waals surface area (Å²) >= 11 is 0. The van der Waals surface area contributed by atoms with Crippen LogP contribution in [-0.4, -0.2) is 65.8 Å². The highest BCUT2D eigenvalue weighted by molar-refractivity contribution is 5.92. The van der Waals surface area contributed by atoms with Gasteiger partial charge in [0.05, 0.1) is 17.5 Å². The van der Waals surface area contributed by atoms with Gasteiger partial charge in [0.1, 0.15) is 11.9 Å². The van der Waals surface area contributed by atoms with Gasteiger partial charge in [0.15, 0.2) is 0 Å². The summed E-state index contributed by atoms with van der Waals surface area (Å²) in [6, 6.07) is 29.6. The lowest BCUT2D eigenvalue weighted by Gasteiger charge is -2.31. The van der Waals surface area contributed by atoms with Gasteiger partial charge in [0.2, 0.25) is 12.3 Å². The lowest BCUT2D eigenvalue weighted by atomic mass is 10.0. The van der Waals surface area contributed by atoms with Crippen molar-refractivity contribution in [3.05, 3.63) is 108 Å². The van der Waals surface area contributed by atoms with Crippen molar-refractivity contribution in [3.63, 3.8) is 0 Å². The lowest BCUT2D eigenvalue weighted by Crippen LogP contribution is -2.39. The standard InChI is InChI=1S/C37H41N5O6/c43-25-39-33-22-28(12-15-34(33)44)35(45)24-38-23-26-10-13-29(14-11-26)40-36(46)18-21-42-19-16-30(17-20-42)48-37(47)41-32-9-5-4-8-31(32)27-6-2-1-3-7-27/h1-15,22,25,30,35,38,44-45H,16-21,23-24H2,(H,39,43)(H,40,46)(H,41,47)/t35-/m1/s1. The second kappa shape index (κ2) is 17.1. The number of phenolic OH excluding ortho intramolecular Hbond substituents is 1. The van der Waals surface area contributed by atoms with Crippen LogP contribution in [-0.2, 0) is 20.9 Å². The maximum Gasteiger partial charge on any atom is 0.411 e. The van der Waals surface area contributed by atoms with Crippen LogP contribution in [0.4, 0.5) is 21.9 Å². The molecule has 1 aliphatic heterocycles. The Morgan fingerprint density at radius 2 is 1.62 bits per heavy atom. The van der Waals surface area contributed by atoms with E-state index in [4.69, 9.17) is 4.74 Å². The first kappa shape index (κ1) is 34.1. The summed E-state index contributed by atoms with van der Waals surface area (Å²) in [4.78, 5) is 38.2. The molecule has 1 heterocycles. The number of hydrogen-bond donors (Lipinski definition) is 6. The number of aromatic hydroxyl groups is 1. The molecule has 6 N–H and O–H groups in total. The monoisotopic (exact) mass is 651 g/mol. The van der Waals surface area contributed by atoms with Crippen LogP contribution in [0.1, 0.15) is 36.5 Å². The highest BCUT2D eigenvalue weighted by atomic mass is 16.6. The Morgan fingerprint density at radius 1 is 0.896 bits per heavy atom. The molecule has 250 valence electrons. The summed E-state index contributed by atoms with van der Waals surface area (Å²) < 4.78 is 5.73. The van der Waals surface area contributed by atoms with E-state index in [-0.39, 0.29) is 30.0 Å². The van der Waals surface area contributed by atoms with E-state index in [1.54, 1.807) is 6.07 Å². The molecule has 1 saturated heterocycles. The number of benzene rings is 4. The summed E-state index contributed by atoms with van der Waals surface area (Å²) in [6.45, 7) is 2.87. The van der Waals surface area contributed by atoms with Gasteiger partial charge in [-0.05, 0) is 59.9 Å². The first-order chi connectivity index (χ1) is 23.4. The minimum Gasteiger partial charge on any atom is -0.506 e. The third-order valence-corrected chi connectivity index (χ3v) is 8.24. The Labute approximate surface area is 279 Å². The molecule has 0 saturated carbocycles. The minimum absolute atomic E-state index is 0.0730. The molecule has 0 unspecified atom stereocenters. The van der Waals surface area contributed by atoms with Crippen molar-refractivity contribution in [3.8, 4) is 16.9 Å². The molecule has 48 heavy (non-hydrogen) atoms. The molecule has 11 heteroatoms. The predicted octanol–water partition coefficient (Wildman–Crippen LogP) is 5.49. The zero-order valence-electron chi connectivity index (χ0n) is 26.6. The first-order valence-corrected chi connectivity index (χ1v) is 16.0. The van der Waals surface area contributed by atoms with Crippen molar-refractivity contribution in [1.82, 2.24) is 10.2 Å². The zero-order chi connectivity index (χ0) is 33.7. The van der Waals surface area contributed by atoms with E-state index in [0.29, 0.717) is 55.7 Å². The molecular formula is C37H41N5O6. The number of phenols is 1. The Hall–Kier alpha value is -5.23. The first-order valence-electron chi connectivity index (χ1n) is 16.0. The lowest BCUT2D eigenvalue weighted by molar-refractivity contribution is -0.116. The van der Waals surface area contributed by atoms with Crippen molar-refractivity contribution in [2.24, 2.45) is 0 Å². The molecule has 1 fully saturated rings. The van der Waals surface area contributed by atoms with Crippen LogP contribution in [0.5, 0.6) is 5.75 Å². The summed E-state index contributed by atoms with van der Waals surface area (Å²) in [5, 5.41) is 31.7. The number of aliphatic hydroxyl groups is 1. The molecule has 0 spiro atoms. The number of para-hydroxylation sites is 1. The normalized spacial score (nSPS) is 14.1. The van der Waals surface area contributed by atoms with E-state index in [1.165, 1.54) is 12.1 Å². The number of rotatable bonds is 14. The Bertz CT molecular complexity index is 1660. The average molecular weight is 652 g/mol. The number of carbonyl (C=O) groups is 3. The number of likely N-dealkylation sites (tertiary alicyclic amines) is 1. The molecule has 5 rings (SSSR count). The number of aliphatic hydroxyl groups excluding tert-OH is 1. The van der Waals surface area contributed by atoms with Crippen molar-refractivity contribution in [1.29, 1.82) is 0 Å². The van der Waals surface area contributed by atoms with Crippen LogP contribution >= 0.6 is 0 Å². The molecule has 3 amide bonds. The fourth-order valence-electron chi connectivity index (χ4n) is 5.60. The third-order valence-electron chi connectivity index (χ3n) is 8.24. The van der Waals surface area contributed by atoms with Crippen LogP contribution in [0.25, 0.3) is 11.1 Å². The number of nitrogens with zero attached hydrogens (tertiary/aromatic N) is 1. The minimum atomic E-state index is -0.831. The zero-order valence-corrected chi connectivity index (χ0v) is 26.6. The second-order valence-corrected chi connectivity index (χ2v) is 11.7. The molecular weight excluding hydrogens is 610 g/mol. The van der Waals surface area contributed by atoms with Crippen LogP contribution in [0, 0.1) is 0 Å². The van der Waals surface area contributed by atoms with E-state index in [2.05, 4.69) is 26.2 Å². The van der Waals surface area contributed by atoms with E-state index in [1.807, 2.05) is 78.9 Å². The molecule has 11 nitrogen and oxygen atoms in total. The smallest absolute Gasteiger partial charge is 0.411 e. The van der Waals surface area contributed by atoms with E-state index < -0.39 is 12.2 Å². The number of ether oxygens (including phenoxy) is 1. The van der Waals surface area contributed by atoms with Gasteiger partial charge in [-0.3, -0.25) is 14.9 Å². The van der Waals surface area contributed by atoms with Gasteiger partial charge in [-0.25, -0.2) is 4.79 Å². The SMILES string of the molecule is O=CNc1cc([C@H](O)CNCc2ccc(NC(=O)CCN3CCC(OC(=O)Nc4ccccc4-c4ccccc4)CC3)cc2)ccc1O. The molecule has 1 atom stereocenters. The van der Waals surface area contributed by atoms with Crippen molar-refractivity contribution in [2.75, 3.05) is 42.1 Å². The predicted molar refractivity (Wildman–Crippen MR) is 186 cm³/mol. The van der Waals surface area contributed by atoms with Crippen LogP contribution in [0.2, 0.25) is 0 Å². The molecule has 0 radical (unpaired) electrons. The fourth-order valence-corrected chi connectivity index (χ4v) is 5.60. The number of piperidine rings is 1. The Kier molecular flexibility index (Phi) is 12.1. The second-order valence-electron chi connectivity index (χ2n) is 11.7. The quantitative estimate of drug-likeness (QED) is 0.0774. The van der Waals surface area contributed by atoms with E-state index >= 15 is 0 Å². The summed E-state index contributed by atoms with van der Waals surface area (Å²) in [7, 11) is 0. The van der Waals surface area contributed by atoms with Crippen molar-refractivity contribution < 1.29 is 29.3 Å². The topological polar surface area (TPSA) is 152 Å². The third kappa shape index (κ3) is 9.88. The number of anilines is 3. The molecule has 0 aromatic heterocycles. The highest BCUT2D eigenvalue weighted by Gasteiger charge is 2.23. The van der Waals surface area contributed by atoms with Crippen LogP contribution in [0.3, 0.4) is 0 Å². The number of carbonyl (C=O) groups excluding carboxylic acids is 3. The van der Waals surface area contributed by atoms with E-state index in [9.17, 15) is 24.6 Å². The van der Waals surface area contributed by atoms with Gasteiger partial charge >= 0.3 is 6.09 Å². The van der Waals surface area contributed by atoms with Gasteiger partial charge in [-0.15, -0.1) is 0 Å². The summed E-state index contributed by atoms with van der Waals surface area (Å²) in [5.74, 6) is -0.148. The van der Waals surface area contributed by atoms with E-state index in [0.717, 1.165) is 29.8 Å². The number of nitrogens with one attached hydrogen (secondary N) is 4. The Morgan fingerprint density at radius 3 is 2.38 bits per heavy atom. The largest absolute Gasteiger partial charge is 0.506 e. The van der Waals surface area contributed by atoms with Crippen LogP contribution in [0.15, 0.2) is 97.1 Å². The summed E-state index contributed by atoms with van der Waals surface area (Å²) in [6.07, 6.45) is 0.751. The Balaban J connectivity index is 0.976. The molecule has 0 aliphatic carbocycles. The van der Waals surface area contributed by atoms with Crippen molar-refractivity contribution >= 4 is 35.5 Å². The van der Waals surface area contributed by atoms with Gasteiger partial charge in [0.25, 0.3) is 0 Å². The summed E-state index contributed by atoms with van der Waals surface area (Å²) in [5.41, 5.74) is 5.13. The maximum absolute atomic E-state index is 12.7. The van der Waals surface area contributed by atoms with Gasteiger partial charge in [0, 0.05) is 50.4 Å². The average Bonchev–Trinajstić information content (AvgIpc) is 3.10. The van der Waals surface area contributed by atoms with Gasteiger partial charge < -0.3 is 35.8 Å². The van der Waals surface area contributed by atoms with Gasteiger partial charge in [-0.1, -0.05) is 66.7 Å². The molecule has 4 aromatic rings. The van der Waals surface area contributed by atoms with Gasteiger partial charge in [-0.2, -0.15) is 0 Å². The van der Waals surface area contributed by atoms with Crippen LogP contribution < -0.4 is 21.3 Å². The molecule has 1 aliphatic rings. The van der Waals surface area contributed by atoms with Crippen molar-refractivity contribution in [2.45, 2.75) is 38.0 Å². The molecule has 4 aromatic carbocycles. The number of hydrogen-bond acceptors (Lipinski definition) is 8. The fraction of sp³-hybridized carbons (Fsp3) is 0.270. The molecule has 0 bridgehead atoms. The maximum atomic E-state index is 12.7.